The second-order valence-corrected chi connectivity index (χ2v) is 5.38. The first kappa shape index (κ1) is 15.1. The Morgan fingerprint density at radius 1 is 1.53 bits per heavy atom. The molecule has 0 fully saturated rings. The lowest BCUT2D eigenvalue weighted by atomic mass is 10.1. The lowest BCUT2D eigenvalue weighted by molar-refractivity contribution is -0.384. The number of para-hydroxylation sites is 1. The van der Waals surface area contributed by atoms with Crippen LogP contribution in [-0.4, -0.2) is 38.8 Å². The van der Waals surface area contributed by atoms with Gasteiger partial charge in [-0.05, 0) is 18.6 Å². The van der Waals surface area contributed by atoms with E-state index < -0.39 is 27.4 Å². The Kier molecular flexibility index (Phi) is 5.43. The van der Waals surface area contributed by atoms with Gasteiger partial charge < -0.3 is 10.4 Å². The number of carbonyl (C=O) groups is 1. The van der Waals surface area contributed by atoms with Gasteiger partial charge >= 0.3 is 11.7 Å². The molecule has 19 heavy (non-hydrogen) atoms. The Morgan fingerprint density at radius 2 is 2.21 bits per heavy atom. The second kappa shape index (κ2) is 6.83. The number of hydrogen-bond donors (Lipinski definition) is 2. The topological polar surface area (TPSA) is 110 Å². The molecule has 0 heterocycles. The Hall–Kier alpha value is -1.96. The van der Waals surface area contributed by atoms with Crippen LogP contribution in [0.3, 0.4) is 0 Å². The molecule has 0 aliphatic carbocycles. The van der Waals surface area contributed by atoms with Gasteiger partial charge in [0, 0.05) is 29.4 Å². The Balaban J connectivity index is 2.88. The standard InChI is InChI=1S/C11H14N2O5S/c1-19(18)7-3-6-12-9-5-2-4-8(11(14)15)10(9)13(16)17/h2,4-5,12H,3,6-7H2,1H3,(H,14,15). The van der Waals surface area contributed by atoms with Crippen LogP contribution in [0.1, 0.15) is 16.8 Å². The normalized spacial score (nSPS) is 11.8. The van der Waals surface area contributed by atoms with E-state index in [9.17, 15) is 19.1 Å². The Bertz CT molecular complexity index is 518. The van der Waals surface area contributed by atoms with Crippen molar-refractivity contribution in [2.75, 3.05) is 23.9 Å². The third-order valence-corrected chi connectivity index (χ3v) is 3.24. The van der Waals surface area contributed by atoms with E-state index in [2.05, 4.69) is 5.32 Å². The van der Waals surface area contributed by atoms with Crippen LogP contribution in [0.2, 0.25) is 0 Å². The fourth-order valence-corrected chi connectivity index (χ4v) is 2.10. The minimum atomic E-state index is -1.34. The highest BCUT2D eigenvalue weighted by atomic mass is 32.2. The van der Waals surface area contributed by atoms with Crippen LogP contribution < -0.4 is 5.32 Å². The second-order valence-electron chi connectivity index (χ2n) is 3.82. The zero-order valence-corrected chi connectivity index (χ0v) is 11.1. The first-order valence-corrected chi connectivity index (χ1v) is 7.20. The van der Waals surface area contributed by atoms with Gasteiger partial charge in [0.15, 0.2) is 0 Å². The number of benzene rings is 1. The highest BCUT2D eigenvalue weighted by Crippen LogP contribution is 2.28. The summed E-state index contributed by atoms with van der Waals surface area (Å²) in [6.45, 7) is 0.392. The Labute approximate surface area is 112 Å². The molecule has 8 heteroatoms. The summed E-state index contributed by atoms with van der Waals surface area (Å²) in [4.78, 5) is 21.1. The molecule has 1 unspecified atom stereocenters. The number of rotatable bonds is 7. The monoisotopic (exact) mass is 286 g/mol. The molecule has 0 aliphatic heterocycles. The summed E-state index contributed by atoms with van der Waals surface area (Å²) >= 11 is 0. The maximum Gasteiger partial charge on any atom is 0.342 e. The third-order valence-electron chi connectivity index (χ3n) is 2.37. The van der Waals surface area contributed by atoms with E-state index in [1.165, 1.54) is 18.2 Å². The number of nitrogens with one attached hydrogen (secondary N) is 1. The van der Waals surface area contributed by atoms with Crippen molar-refractivity contribution >= 4 is 28.1 Å². The number of anilines is 1. The average molecular weight is 286 g/mol. The van der Waals surface area contributed by atoms with Crippen molar-refractivity contribution in [2.24, 2.45) is 0 Å². The van der Waals surface area contributed by atoms with E-state index >= 15 is 0 Å². The van der Waals surface area contributed by atoms with E-state index in [-0.39, 0.29) is 11.3 Å². The van der Waals surface area contributed by atoms with Crippen molar-refractivity contribution in [3.8, 4) is 0 Å². The minimum absolute atomic E-state index is 0.159. The van der Waals surface area contributed by atoms with E-state index in [0.717, 1.165) is 0 Å². The molecule has 1 aromatic carbocycles. The van der Waals surface area contributed by atoms with Gasteiger partial charge in [0.25, 0.3) is 0 Å². The van der Waals surface area contributed by atoms with Gasteiger partial charge in [-0.25, -0.2) is 4.79 Å². The lowest BCUT2D eigenvalue weighted by Gasteiger charge is -2.08. The smallest absolute Gasteiger partial charge is 0.342 e. The van der Waals surface area contributed by atoms with Crippen LogP contribution in [0.4, 0.5) is 11.4 Å². The molecule has 7 nitrogen and oxygen atoms in total. The molecular formula is C11H14N2O5S. The first-order chi connectivity index (χ1) is 8.93. The van der Waals surface area contributed by atoms with Crippen LogP contribution in [-0.2, 0) is 10.8 Å². The molecule has 0 aromatic heterocycles. The van der Waals surface area contributed by atoms with Gasteiger partial charge in [-0.3, -0.25) is 14.3 Å². The molecule has 0 spiro atoms. The molecule has 0 bridgehead atoms. The van der Waals surface area contributed by atoms with Crippen molar-refractivity contribution in [1.82, 2.24) is 0 Å². The molecule has 2 N–H and O–H groups in total. The van der Waals surface area contributed by atoms with Gasteiger partial charge in [0.2, 0.25) is 0 Å². The number of carboxylic acids is 1. The number of nitro groups is 1. The molecule has 0 amide bonds. The largest absolute Gasteiger partial charge is 0.477 e. The molecule has 104 valence electrons. The van der Waals surface area contributed by atoms with E-state index in [1.54, 1.807) is 6.26 Å². The summed E-state index contributed by atoms with van der Waals surface area (Å²) in [6, 6.07) is 4.08. The van der Waals surface area contributed by atoms with Crippen molar-refractivity contribution in [1.29, 1.82) is 0 Å². The van der Waals surface area contributed by atoms with Crippen molar-refractivity contribution in [3.63, 3.8) is 0 Å². The molecule has 1 aromatic rings. The van der Waals surface area contributed by atoms with Gasteiger partial charge in [0.1, 0.15) is 11.3 Å². The number of carboxylic acid groups (broad SMARTS) is 1. The zero-order chi connectivity index (χ0) is 14.4. The van der Waals surface area contributed by atoms with Gasteiger partial charge in [-0.2, -0.15) is 0 Å². The fourth-order valence-electron chi connectivity index (χ4n) is 1.55. The third kappa shape index (κ3) is 4.32. The maximum atomic E-state index is 10.9. The van der Waals surface area contributed by atoms with Crippen LogP contribution >= 0.6 is 0 Å². The van der Waals surface area contributed by atoms with Crippen molar-refractivity contribution in [3.05, 3.63) is 33.9 Å². The summed E-state index contributed by atoms with van der Waals surface area (Å²) in [7, 11) is -0.917. The van der Waals surface area contributed by atoms with Crippen LogP contribution in [0.5, 0.6) is 0 Å². The predicted octanol–water partition coefficient (Wildman–Crippen LogP) is 1.47. The van der Waals surface area contributed by atoms with E-state index in [1.807, 2.05) is 0 Å². The summed E-state index contributed by atoms with van der Waals surface area (Å²) < 4.78 is 10.9. The zero-order valence-electron chi connectivity index (χ0n) is 10.3. The molecule has 0 saturated heterocycles. The SMILES string of the molecule is CS(=O)CCCNc1cccc(C(=O)O)c1[N+](=O)[O-]. The molecular weight excluding hydrogens is 272 g/mol. The number of hydrogen-bond acceptors (Lipinski definition) is 5. The van der Waals surface area contributed by atoms with Crippen LogP contribution in [0.15, 0.2) is 18.2 Å². The average Bonchev–Trinajstić information content (AvgIpc) is 2.33. The summed E-state index contributed by atoms with van der Waals surface area (Å²) in [5, 5.41) is 22.7. The fraction of sp³-hybridized carbons (Fsp3) is 0.364. The summed E-state index contributed by atoms with van der Waals surface area (Å²) in [5.74, 6) is -0.857. The number of nitro benzene ring substituents is 1. The van der Waals surface area contributed by atoms with Gasteiger partial charge in [0.05, 0.1) is 4.92 Å². The van der Waals surface area contributed by atoms with Gasteiger partial charge in [-0.1, -0.05) is 6.07 Å². The Morgan fingerprint density at radius 3 is 2.74 bits per heavy atom. The highest BCUT2D eigenvalue weighted by Gasteiger charge is 2.23. The first-order valence-electron chi connectivity index (χ1n) is 5.48. The van der Waals surface area contributed by atoms with Crippen molar-refractivity contribution < 1.29 is 19.0 Å². The lowest BCUT2D eigenvalue weighted by Crippen LogP contribution is -2.10. The molecule has 1 atom stereocenters. The summed E-state index contributed by atoms with van der Waals surface area (Å²) in [5.41, 5.74) is -0.645. The quantitative estimate of drug-likeness (QED) is 0.446. The van der Waals surface area contributed by atoms with E-state index in [4.69, 9.17) is 5.11 Å². The van der Waals surface area contributed by atoms with Gasteiger partial charge in [-0.15, -0.1) is 0 Å². The van der Waals surface area contributed by atoms with Crippen LogP contribution in [0, 0.1) is 10.1 Å². The van der Waals surface area contributed by atoms with Crippen molar-refractivity contribution in [2.45, 2.75) is 6.42 Å². The van der Waals surface area contributed by atoms with E-state index in [0.29, 0.717) is 18.7 Å². The maximum absolute atomic E-state index is 10.9. The molecule has 1 rings (SSSR count). The molecule has 0 aliphatic rings. The molecule has 0 saturated carbocycles. The predicted molar refractivity (Wildman–Crippen MR) is 72.1 cm³/mol. The highest BCUT2D eigenvalue weighted by molar-refractivity contribution is 7.84. The molecule has 0 radical (unpaired) electrons. The number of nitrogens with zero attached hydrogens (tertiary/aromatic N) is 1. The minimum Gasteiger partial charge on any atom is -0.477 e. The number of aromatic carboxylic acids is 1. The summed E-state index contributed by atoms with van der Waals surface area (Å²) in [6.07, 6.45) is 2.16. The van der Waals surface area contributed by atoms with Crippen LogP contribution in [0.25, 0.3) is 0 Å².